The highest BCUT2D eigenvalue weighted by atomic mass is 35.5. The topological polar surface area (TPSA) is 40.1 Å². The zero-order valence-corrected chi connectivity index (χ0v) is 16.6. The second-order valence-electron chi connectivity index (χ2n) is 6.75. The van der Waals surface area contributed by atoms with Gasteiger partial charge in [-0.2, -0.15) is 0 Å². The molecule has 0 bridgehead atoms. The number of piperazine rings is 1. The predicted molar refractivity (Wildman–Crippen MR) is 110 cm³/mol. The lowest BCUT2D eigenvalue weighted by molar-refractivity contribution is 0.100. The Morgan fingerprint density at radius 3 is 3.08 bits per heavy atom. The molecule has 2 aromatic rings. The summed E-state index contributed by atoms with van der Waals surface area (Å²) >= 11 is 7.93. The normalized spacial score (nSPS) is 20.0. The van der Waals surface area contributed by atoms with Crippen LogP contribution in [0.15, 0.2) is 34.6 Å². The summed E-state index contributed by atoms with van der Waals surface area (Å²) in [6.07, 6.45) is 1.02. The highest BCUT2D eigenvalue weighted by Gasteiger charge is 2.29. The summed E-state index contributed by atoms with van der Waals surface area (Å²) in [5.41, 5.74) is 3.05. The molecule has 7 heteroatoms. The third kappa shape index (κ3) is 3.47. The van der Waals surface area contributed by atoms with E-state index >= 15 is 0 Å². The number of rotatable bonds is 3. The summed E-state index contributed by atoms with van der Waals surface area (Å²) in [5.74, 6) is 1.03. The van der Waals surface area contributed by atoms with E-state index in [4.69, 9.17) is 21.3 Å². The summed E-state index contributed by atoms with van der Waals surface area (Å²) in [4.78, 5) is 9.86. The van der Waals surface area contributed by atoms with Gasteiger partial charge in [0.2, 0.25) is 0 Å². The van der Waals surface area contributed by atoms with Gasteiger partial charge < -0.3 is 15.0 Å². The summed E-state index contributed by atoms with van der Waals surface area (Å²) in [6.45, 7) is 3.70. The van der Waals surface area contributed by atoms with Crippen molar-refractivity contribution in [2.75, 3.05) is 45.7 Å². The summed E-state index contributed by atoms with van der Waals surface area (Å²) in [6, 6.07) is 8.45. The quantitative estimate of drug-likeness (QED) is 0.853. The molecule has 4 rings (SSSR count). The van der Waals surface area contributed by atoms with Gasteiger partial charge in [0.25, 0.3) is 0 Å². The number of thiophene rings is 1. The maximum Gasteiger partial charge on any atom is 0.139 e. The molecule has 1 atom stereocenters. The zero-order valence-electron chi connectivity index (χ0n) is 15.0. The third-order valence-electron chi connectivity index (χ3n) is 5.07. The van der Waals surface area contributed by atoms with Gasteiger partial charge in [0.1, 0.15) is 10.8 Å². The van der Waals surface area contributed by atoms with Crippen molar-refractivity contribution in [3.8, 4) is 0 Å². The molecule has 1 unspecified atom stereocenters. The van der Waals surface area contributed by atoms with Gasteiger partial charge in [0.05, 0.1) is 16.9 Å². The van der Waals surface area contributed by atoms with Crippen molar-refractivity contribution in [2.45, 2.75) is 12.5 Å². The van der Waals surface area contributed by atoms with Crippen molar-refractivity contribution in [2.24, 2.45) is 4.99 Å². The van der Waals surface area contributed by atoms with Crippen molar-refractivity contribution < 1.29 is 4.74 Å². The SMILES string of the molecule is COCCC1CN(C2=Nc3cc(Cl)ccc3Nc3sccc32)CCN1C. The van der Waals surface area contributed by atoms with E-state index in [1.165, 1.54) is 0 Å². The third-order valence-corrected chi connectivity index (χ3v) is 6.14. The van der Waals surface area contributed by atoms with E-state index in [9.17, 15) is 0 Å². The van der Waals surface area contributed by atoms with Crippen LogP contribution in [0.25, 0.3) is 0 Å². The van der Waals surface area contributed by atoms with Crippen molar-refractivity contribution in [3.05, 3.63) is 40.2 Å². The van der Waals surface area contributed by atoms with Crippen LogP contribution in [-0.4, -0.2) is 62.1 Å². The fourth-order valence-electron chi connectivity index (χ4n) is 3.53. The Labute approximate surface area is 163 Å². The second-order valence-corrected chi connectivity index (χ2v) is 8.10. The fourth-order valence-corrected chi connectivity index (χ4v) is 4.49. The number of benzene rings is 1. The number of nitrogens with zero attached hydrogens (tertiary/aromatic N) is 3. The summed E-state index contributed by atoms with van der Waals surface area (Å²) < 4.78 is 5.30. The molecule has 0 spiro atoms. The Bertz CT molecular complexity index is 822. The van der Waals surface area contributed by atoms with Gasteiger partial charge in [0, 0.05) is 44.4 Å². The van der Waals surface area contributed by atoms with Crippen LogP contribution in [0.5, 0.6) is 0 Å². The van der Waals surface area contributed by atoms with E-state index in [-0.39, 0.29) is 0 Å². The Morgan fingerprint density at radius 1 is 1.35 bits per heavy atom. The zero-order chi connectivity index (χ0) is 18.1. The lowest BCUT2D eigenvalue weighted by Crippen LogP contribution is -2.53. The minimum atomic E-state index is 0.462. The van der Waals surface area contributed by atoms with Gasteiger partial charge in [-0.1, -0.05) is 11.6 Å². The first-order chi connectivity index (χ1) is 12.7. The highest BCUT2D eigenvalue weighted by Crippen LogP contribution is 2.39. The molecule has 0 aliphatic carbocycles. The Hall–Kier alpha value is -1.60. The molecule has 2 aliphatic heterocycles. The van der Waals surface area contributed by atoms with Crippen LogP contribution in [0.4, 0.5) is 16.4 Å². The molecule has 1 aromatic heterocycles. The molecule has 1 saturated heterocycles. The maximum atomic E-state index is 6.22. The average molecular weight is 391 g/mol. The van der Waals surface area contributed by atoms with Gasteiger partial charge in [0.15, 0.2) is 0 Å². The smallest absolute Gasteiger partial charge is 0.139 e. The molecule has 3 heterocycles. The van der Waals surface area contributed by atoms with Crippen molar-refractivity contribution in [1.82, 2.24) is 9.80 Å². The molecule has 0 saturated carbocycles. The molecule has 5 nitrogen and oxygen atoms in total. The first-order valence-corrected chi connectivity index (χ1v) is 10.1. The Balaban J connectivity index is 1.69. The lowest BCUT2D eigenvalue weighted by atomic mass is 10.1. The average Bonchev–Trinajstić information content (AvgIpc) is 3.03. The molecular formula is C19H23ClN4OS. The van der Waals surface area contributed by atoms with Gasteiger partial charge in [-0.25, -0.2) is 4.99 Å². The van der Waals surface area contributed by atoms with Crippen LogP contribution in [0.3, 0.4) is 0 Å². The van der Waals surface area contributed by atoms with Gasteiger partial charge in [-0.15, -0.1) is 11.3 Å². The number of methoxy groups -OCH3 is 1. The molecule has 0 amide bonds. The number of hydrogen-bond donors (Lipinski definition) is 1. The van der Waals surface area contributed by atoms with E-state index in [0.717, 1.165) is 60.4 Å². The molecule has 138 valence electrons. The first-order valence-electron chi connectivity index (χ1n) is 8.83. The maximum absolute atomic E-state index is 6.22. The molecule has 1 aromatic carbocycles. The number of halogens is 1. The number of amidine groups is 1. The van der Waals surface area contributed by atoms with Gasteiger partial charge in [-0.3, -0.25) is 4.90 Å². The first kappa shape index (κ1) is 17.8. The largest absolute Gasteiger partial charge is 0.385 e. The number of hydrogen-bond acceptors (Lipinski definition) is 6. The molecular weight excluding hydrogens is 368 g/mol. The summed E-state index contributed by atoms with van der Waals surface area (Å²) in [7, 11) is 3.96. The van der Waals surface area contributed by atoms with Crippen molar-refractivity contribution in [1.29, 1.82) is 0 Å². The summed E-state index contributed by atoms with van der Waals surface area (Å²) in [5, 5.41) is 7.48. The van der Waals surface area contributed by atoms with Gasteiger partial charge in [-0.05, 0) is 43.1 Å². The second kappa shape index (κ2) is 7.56. The van der Waals surface area contributed by atoms with E-state index in [1.807, 2.05) is 18.2 Å². The monoisotopic (exact) mass is 390 g/mol. The Kier molecular flexibility index (Phi) is 5.18. The number of nitrogens with one attached hydrogen (secondary N) is 1. The van der Waals surface area contributed by atoms with Crippen LogP contribution in [0.1, 0.15) is 12.0 Å². The lowest BCUT2D eigenvalue weighted by Gasteiger charge is -2.40. The number of fused-ring (bicyclic) bond motifs is 2. The number of ether oxygens (including phenoxy) is 1. The standard InChI is InChI=1S/C19H23ClN4OS/c1-23-7-8-24(12-14(23)5-9-25-2)18-15-6-10-26-19(15)22-16-4-3-13(20)11-17(16)21-18/h3-4,6,10-11,14,22H,5,7-9,12H2,1-2H3. The number of anilines is 2. The van der Waals surface area contributed by atoms with Crippen LogP contribution < -0.4 is 5.32 Å². The van der Waals surface area contributed by atoms with E-state index in [1.54, 1.807) is 18.4 Å². The van der Waals surface area contributed by atoms with E-state index < -0.39 is 0 Å². The number of likely N-dealkylation sites (N-methyl/N-ethyl adjacent to an activating group) is 1. The fraction of sp³-hybridized carbons (Fsp3) is 0.421. The minimum Gasteiger partial charge on any atom is -0.385 e. The van der Waals surface area contributed by atoms with Crippen molar-refractivity contribution in [3.63, 3.8) is 0 Å². The minimum absolute atomic E-state index is 0.462. The van der Waals surface area contributed by atoms with Crippen LogP contribution in [0, 0.1) is 0 Å². The van der Waals surface area contributed by atoms with Crippen LogP contribution in [-0.2, 0) is 4.74 Å². The van der Waals surface area contributed by atoms with Crippen molar-refractivity contribution >= 4 is 45.1 Å². The molecule has 0 radical (unpaired) electrons. The van der Waals surface area contributed by atoms with Crippen LogP contribution in [0.2, 0.25) is 5.02 Å². The van der Waals surface area contributed by atoms with Gasteiger partial charge >= 0.3 is 0 Å². The molecule has 1 fully saturated rings. The predicted octanol–water partition coefficient (Wildman–Crippen LogP) is 4.19. The van der Waals surface area contributed by atoms with Crippen LogP contribution >= 0.6 is 22.9 Å². The molecule has 1 N–H and O–H groups in total. The van der Waals surface area contributed by atoms with E-state index in [0.29, 0.717) is 11.1 Å². The number of aliphatic imine (C=N–C) groups is 1. The Morgan fingerprint density at radius 2 is 2.23 bits per heavy atom. The molecule has 26 heavy (non-hydrogen) atoms. The molecule has 2 aliphatic rings. The highest BCUT2D eigenvalue weighted by molar-refractivity contribution is 7.14. The van der Waals surface area contributed by atoms with E-state index in [2.05, 4.69) is 33.6 Å².